The van der Waals surface area contributed by atoms with E-state index in [0.29, 0.717) is 5.82 Å². The van der Waals surface area contributed by atoms with Gasteiger partial charge in [-0.2, -0.15) is 23.3 Å². The lowest BCUT2D eigenvalue weighted by Crippen LogP contribution is -2.14. The lowest BCUT2D eigenvalue weighted by molar-refractivity contribution is -0.137. The number of hydrogen-bond acceptors (Lipinski definition) is 4. The molecule has 2 N–H and O–H groups in total. The van der Waals surface area contributed by atoms with Crippen molar-refractivity contribution in [1.82, 2.24) is 25.0 Å². The third kappa shape index (κ3) is 3.26. The molecule has 0 aliphatic heterocycles. The number of alkyl halides is 3. The Morgan fingerprint density at radius 3 is 2.75 bits per heavy atom. The van der Waals surface area contributed by atoms with Crippen molar-refractivity contribution in [3.63, 3.8) is 0 Å². The van der Waals surface area contributed by atoms with Crippen molar-refractivity contribution in [3.05, 3.63) is 53.6 Å². The Kier molecular flexibility index (Phi) is 3.80. The summed E-state index contributed by atoms with van der Waals surface area (Å²) in [4.78, 5) is 16.0. The van der Waals surface area contributed by atoms with Crippen LogP contribution in [0, 0.1) is 6.92 Å². The van der Waals surface area contributed by atoms with E-state index in [-0.39, 0.29) is 17.3 Å². The lowest BCUT2D eigenvalue weighted by atomic mass is 10.2. The third-order valence-corrected chi connectivity index (χ3v) is 3.08. The molecule has 0 radical (unpaired) electrons. The number of rotatable bonds is 3. The van der Waals surface area contributed by atoms with Gasteiger partial charge in [-0.1, -0.05) is 6.07 Å². The fourth-order valence-electron chi connectivity index (χ4n) is 1.98. The van der Waals surface area contributed by atoms with Gasteiger partial charge in [0.25, 0.3) is 5.91 Å². The molecule has 0 atom stereocenters. The first-order chi connectivity index (χ1) is 11.3. The minimum Gasteiger partial charge on any atom is -0.288 e. The zero-order chi connectivity index (χ0) is 17.3. The fourth-order valence-corrected chi connectivity index (χ4v) is 1.98. The van der Waals surface area contributed by atoms with Gasteiger partial charge in [-0.05, 0) is 31.2 Å². The van der Waals surface area contributed by atoms with Crippen molar-refractivity contribution in [2.45, 2.75) is 13.1 Å². The van der Waals surface area contributed by atoms with E-state index in [9.17, 15) is 18.0 Å². The zero-order valence-electron chi connectivity index (χ0n) is 12.3. The molecule has 0 spiro atoms. The van der Waals surface area contributed by atoms with Crippen molar-refractivity contribution < 1.29 is 18.0 Å². The topological polar surface area (TPSA) is 88.5 Å². The van der Waals surface area contributed by atoms with Crippen molar-refractivity contribution >= 4 is 11.9 Å². The highest BCUT2D eigenvalue weighted by molar-refractivity contribution is 6.01. The van der Waals surface area contributed by atoms with Crippen LogP contribution in [0.2, 0.25) is 0 Å². The van der Waals surface area contributed by atoms with Crippen molar-refractivity contribution in [1.29, 1.82) is 0 Å². The molecule has 0 saturated heterocycles. The number of H-pyrrole nitrogens is 1. The van der Waals surface area contributed by atoms with Crippen LogP contribution in [-0.4, -0.2) is 30.9 Å². The molecule has 24 heavy (non-hydrogen) atoms. The first-order valence-corrected chi connectivity index (χ1v) is 6.76. The van der Waals surface area contributed by atoms with Crippen LogP contribution < -0.4 is 5.32 Å². The molecule has 0 aliphatic carbocycles. The van der Waals surface area contributed by atoms with Gasteiger partial charge < -0.3 is 0 Å². The summed E-state index contributed by atoms with van der Waals surface area (Å²) in [7, 11) is 0. The maximum absolute atomic E-state index is 12.8. The second kappa shape index (κ2) is 5.80. The highest BCUT2D eigenvalue weighted by Gasteiger charge is 2.30. The fraction of sp³-hybridized carbons (Fsp3) is 0.143. The van der Waals surface area contributed by atoms with Gasteiger partial charge in [0.2, 0.25) is 5.95 Å². The SMILES string of the molecule is Cc1nc(NC(=O)c2ccn(-c3cccc(C(F)(F)F)c3)n2)n[nH]1. The van der Waals surface area contributed by atoms with Gasteiger partial charge in [0.1, 0.15) is 5.82 Å². The molecule has 0 bridgehead atoms. The summed E-state index contributed by atoms with van der Waals surface area (Å²) in [6.07, 6.45) is -3.06. The standard InChI is InChI=1S/C14H11F3N6O/c1-8-18-13(21-20-8)19-12(24)11-5-6-23(22-11)10-4-2-3-9(7-10)14(15,16)17/h2-7H,1H3,(H2,18,19,20,21,24). The number of aromatic amines is 1. The minimum atomic E-state index is -4.45. The second-order valence-corrected chi connectivity index (χ2v) is 4.89. The van der Waals surface area contributed by atoms with Gasteiger partial charge in [-0.15, -0.1) is 5.10 Å². The molecule has 3 rings (SSSR count). The maximum atomic E-state index is 12.8. The van der Waals surface area contributed by atoms with Crippen LogP contribution in [0.5, 0.6) is 0 Å². The molecule has 124 valence electrons. The Hall–Kier alpha value is -3.17. The summed E-state index contributed by atoms with van der Waals surface area (Å²) in [5, 5.41) is 12.7. The number of nitrogens with zero attached hydrogens (tertiary/aromatic N) is 4. The maximum Gasteiger partial charge on any atom is 0.416 e. The lowest BCUT2D eigenvalue weighted by Gasteiger charge is -2.08. The Morgan fingerprint density at radius 2 is 2.08 bits per heavy atom. The number of halogens is 3. The predicted octanol–water partition coefficient (Wildman–Crippen LogP) is 2.57. The van der Waals surface area contributed by atoms with Crippen LogP contribution in [0.15, 0.2) is 36.5 Å². The van der Waals surface area contributed by atoms with Crippen molar-refractivity contribution in [2.75, 3.05) is 5.32 Å². The van der Waals surface area contributed by atoms with Gasteiger partial charge in [-0.25, -0.2) is 4.68 Å². The van der Waals surface area contributed by atoms with Crippen LogP contribution in [0.25, 0.3) is 5.69 Å². The number of nitrogens with one attached hydrogen (secondary N) is 2. The van der Waals surface area contributed by atoms with Crippen LogP contribution in [0.1, 0.15) is 21.9 Å². The summed E-state index contributed by atoms with van der Waals surface area (Å²) in [5.41, 5.74) is -0.579. The normalized spacial score (nSPS) is 11.5. The Balaban J connectivity index is 1.81. The number of anilines is 1. The van der Waals surface area contributed by atoms with E-state index in [2.05, 4.69) is 25.6 Å². The molecule has 10 heteroatoms. The molecule has 1 aromatic carbocycles. The van der Waals surface area contributed by atoms with E-state index in [1.165, 1.54) is 29.1 Å². The monoisotopic (exact) mass is 336 g/mol. The molecular formula is C14H11F3N6O. The van der Waals surface area contributed by atoms with Crippen LogP contribution >= 0.6 is 0 Å². The average molecular weight is 336 g/mol. The van der Waals surface area contributed by atoms with Crippen molar-refractivity contribution in [2.24, 2.45) is 0 Å². The number of aromatic nitrogens is 5. The van der Waals surface area contributed by atoms with E-state index in [0.717, 1.165) is 12.1 Å². The van der Waals surface area contributed by atoms with E-state index in [4.69, 9.17) is 0 Å². The third-order valence-electron chi connectivity index (χ3n) is 3.08. The molecule has 7 nitrogen and oxygen atoms in total. The Morgan fingerprint density at radius 1 is 1.29 bits per heavy atom. The summed E-state index contributed by atoms with van der Waals surface area (Å²) in [6, 6.07) is 6.03. The number of amides is 1. The molecule has 2 heterocycles. The first-order valence-electron chi connectivity index (χ1n) is 6.76. The average Bonchev–Trinajstić information content (AvgIpc) is 3.16. The van der Waals surface area contributed by atoms with Crippen LogP contribution in [0.3, 0.4) is 0 Å². The molecule has 2 aromatic heterocycles. The van der Waals surface area contributed by atoms with E-state index in [1.54, 1.807) is 6.92 Å². The number of carbonyl (C=O) groups is 1. The zero-order valence-corrected chi connectivity index (χ0v) is 12.3. The summed E-state index contributed by atoms with van der Waals surface area (Å²) in [6.45, 7) is 1.67. The van der Waals surface area contributed by atoms with Crippen LogP contribution in [-0.2, 0) is 6.18 Å². The minimum absolute atomic E-state index is 0.0230. The summed E-state index contributed by atoms with van der Waals surface area (Å²) >= 11 is 0. The van der Waals surface area contributed by atoms with Gasteiger partial charge in [0.15, 0.2) is 5.69 Å². The highest BCUT2D eigenvalue weighted by atomic mass is 19.4. The van der Waals surface area contributed by atoms with E-state index >= 15 is 0 Å². The number of benzene rings is 1. The van der Waals surface area contributed by atoms with Crippen LogP contribution in [0.4, 0.5) is 19.1 Å². The van der Waals surface area contributed by atoms with Crippen molar-refractivity contribution in [3.8, 4) is 5.69 Å². The largest absolute Gasteiger partial charge is 0.416 e. The quantitative estimate of drug-likeness (QED) is 0.769. The molecular weight excluding hydrogens is 325 g/mol. The van der Waals surface area contributed by atoms with Gasteiger partial charge in [0.05, 0.1) is 11.3 Å². The van der Waals surface area contributed by atoms with E-state index in [1.807, 2.05) is 0 Å². The van der Waals surface area contributed by atoms with Gasteiger partial charge >= 0.3 is 6.18 Å². The van der Waals surface area contributed by atoms with Gasteiger partial charge in [0, 0.05) is 6.20 Å². The summed E-state index contributed by atoms with van der Waals surface area (Å²) < 4.78 is 39.4. The molecule has 0 saturated carbocycles. The molecule has 0 fully saturated rings. The molecule has 0 unspecified atom stereocenters. The van der Waals surface area contributed by atoms with Gasteiger partial charge in [-0.3, -0.25) is 15.2 Å². The Labute approximate surface area is 133 Å². The number of carbonyl (C=O) groups excluding carboxylic acids is 1. The molecule has 0 aliphatic rings. The molecule has 1 amide bonds. The summed E-state index contributed by atoms with van der Waals surface area (Å²) in [5.74, 6) is 0.0469. The smallest absolute Gasteiger partial charge is 0.288 e. The van der Waals surface area contributed by atoms with E-state index < -0.39 is 17.6 Å². The number of hydrogen-bond donors (Lipinski definition) is 2. The Bertz CT molecular complexity index is 883. The first kappa shape index (κ1) is 15.7. The molecule has 3 aromatic rings. The number of aryl methyl sites for hydroxylation is 1. The highest BCUT2D eigenvalue weighted by Crippen LogP contribution is 2.30. The predicted molar refractivity (Wildman–Crippen MR) is 77.6 cm³/mol. The second-order valence-electron chi connectivity index (χ2n) is 4.89.